The quantitative estimate of drug-likeness (QED) is 0.892. The molecule has 1 amide bonds. The lowest BCUT2D eigenvalue weighted by atomic mass is 10.1. The Balaban J connectivity index is 1.97. The molecular weight excluding hydrogens is 242 g/mol. The Morgan fingerprint density at radius 3 is 2.16 bits per heavy atom. The van der Waals surface area contributed by atoms with Gasteiger partial charge < -0.3 is 15.2 Å². The summed E-state index contributed by atoms with van der Waals surface area (Å²) in [6.45, 7) is 0. The first-order valence-corrected chi connectivity index (χ1v) is 5.80. The predicted octanol–water partition coefficient (Wildman–Crippen LogP) is 1.23. The molecular formula is C15H12NO3-. The van der Waals surface area contributed by atoms with Gasteiger partial charge in [0.2, 0.25) is 5.91 Å². The molecule has 0 unspecified atom stereocenters. The van der Waals surface area contributed by atoms with Gasteiger partial charge in [0.1, 0.15) is 0 Å². The van der Waals surface area contributed by atoms with Crippen molar-refractivity contribution in [3.05, 3.63) is 65.7 Å². The van der Waals surface area contributed by atoms with Gasteiger partial charge in [0.25, 0.3) is 0 Å². The standard InChI is InChI=1S/C15H13NO3/c17-14(10-11-4-2-1-3-5-11)16-13-8-6-12(7-9-13)15(18)19/h1-9H,10H2,(H,16,17)(H,18,19)/p-1. The second-order valence-corrected chi connectivity index (χ2v) is 4.08. The summed E-state index contributed by atoms with van der Waals surface area (Å²) >= 11 is 0. The maximum Gasteiger partial charge on any atom is 0.228 e. The topological polar surface area (TPSA) is 69.2 Å². The van der Waals surface area contributed by atoms with E-state index < -0.39 is 5.97 Å². The van der Waals surface area contributed by atoms with Crippen LogP contribution in [0, 0.1) is 0 Å². The van der Waals surface area contributed by atoms with Crippen LogP contribution in [0.2, 0.25) is 0 Å². The first kappa shape index (κ1) is 12.8. The third-order valence-electron chi connectivity index (χ3n) is 2.61. The molecule has 0 aliphatic heterocycles. The number of hydrogen-bond acceptors (Lipinski definition) is 3. The van der Waals surface area contributed by atoms with Gasteiger partial charge in [-0.1, -0.05) is 42.5 Å². The fraction of sp³-hybridized carbons (Fsp3) is 0.0667. The number of hydrogen-bond donors (Lipinski definition) is 1. The van der Waals surface area contributed by atoms with Crippen molar-refractivity contribution in [3.63, 3.8) is 0 Å². The van der Waals surface area contributed by atoms with E-state index in [1.165, 1.54) is 24.3 Å². The van der Waals surface area contributed by atoms with Gasteiger partial charge in [-0.25, -0.2) is 0 Å². The van der Waals surface area contributed by atoms with Gasteiger partial charge in [0, 0.05) is 5.69 Å². The molecule has 0 aromatic heterocycles. The SMILES string of the molecule is O=C(Cc1ccccc1)Nc1ccc(C(=O)[O-])cc1. The van der Waals surface area contributed by atoms with Crippen LogP contribution in [0.15, 0.2) is 54.6 Å². The molecule has 0 radical (unpaired) electrons. The second-order valence-electron chi connectivity index (χ2n) is 4.08. The van der Waals surface area contributed by atoms with E-state index in [1.807, 2.05) is 30.3 Å². The monoisotopic (exact) mass is 254 g/mol. The zero-order valence-corrected chi connectivity index (χ0v) is 10.1. The van der Waals surface area contributed by atoms with Gasteiger partial charge >= 0.3 is 0 Å². The summed E-state index contributed by atoms with van der Waals surface area (Å²) in [4.78, 5) is 22.3. The highest BCUT2D eigenvalue weighted by molar-refractivity contribution is 5.93. The molecule has 0 saturated heterocycles. The lowest BCUT2D eigenvalue weighted by Gasteiger charge is -2.07. The average Bonchev–Trinajstić information content (AvgIpc) is 2.40. The number of amides is 1. The summed E-state index contributed by atoms with van der Waals surface area (Å²) < 4.78 is 0. The fourth-order valence-electron chi connectivity index (χ4n) is 1.68. The molecule has 2 rings (SSSR count). The second kappa shape index (κ2) is 5.82. The van der Waals surface area contributed by atoms with Crippen molar-refractivity contribution in [2.75, 3.05) is 5.32 Å². The Morgan fingerprint density at radius 2 is 1.58 bits per heavy atom. The van der Waals surface area contributed by atoms with Crippen LogP contribution >= 0.6 is 0 Å². The highest BCUT2D eigenvalue weighted by atomic mass is 16.4. The van der Waals surface area contributed by atoms with E-state index in [2.05, 4.69) is 5.32 Å². The number of carboxylic acids is 1. The highest BCUT2D eigenvalue weighted by Crippen LogP contribution is 2.10. The molecule has 0 heterocycles. The molecule has 4 heteroatoms. The minimum Gasteiger partial charge on any atom is -0.545 e. The average molecular weight is 254 g/mol. The Bertz CT molecular complexity index is 576. The molecule has 2 aromatic rings. The molecule has 0 atom stereocenters. The molecule has 2 aromatic carbocycles. The van der Waals surface area contributed by atoms with E-state index in [0.717, 1.165) is 5.56 Å². The van der Waals surface area contributed by atoms with Gasteiger partial charge in [-0.05, 0) is 23.3 Å². The summed E-state index contributed by atoms with van der Waals surface area (Å²) in [7, 11) is 0. The molecule has 0 fully saturated rings. The number of carbonyl (C=O) groups is 2. The zero-order chi connectivity index (χ0) is 13.7. The van der Waals surface area contributed by atoms with E-state index in [1.54, 1.807) is 0 Å². The summed E-state index contributed by atoms with van der Waals surface area (Å²) in [5, 5.41) is 13.3. The van der Waals surface area contributed by atoms with E-state index in [-0.39, 0.29) is 17.9 Å². The Kier molecular flexibility index (Phi) is 3.93. The lowest BCUT2D eigenvalue weighted by Crippen LogP contribution is -2.22. The third-order valence-corrected chi connectivity index (χ3v) is 2.61. The summed E-state index contributed by atoms with van der Waals surface area (Å²) in [6, 6.07) is 15.2. The minimum absolute atomic E-state index is 0.0843. The molecule has 4 nitrogen and oxygen atoms in total. The number of anilines is 1. The van der Waals surface area contributed by atoms with E-state index in [4.69, 9.17) is 0 Å². The smallest absolute Gasteiger partial charge is 0.228 e. The van der Waals surface area contributed by atoms with Crippen LogP contribution in [0.5, 0.6) is 0 Å². The molecule has 0 saturated carbocycles. The highest BCUT2D eigenvalue weighted by Gasteiger charge is 2.03. The number of benzene rings is 2. The third kappa shape index (κ3) is 3.67. The van der Waals surface area contributed by atoms with Crippen LogP contribution < -0.4 is 10.4 Å². The van der Waals surface area contributed by atoms with Crippen molar-refractivity contribution < 1.29 is 14.7 Å². The van der Waals surface area contributed by atoms with Crippen LogP contribution in [0.25, 0.3) is 0 Å². The largest absolute Gasteiger partial charge is 0.545 e. The molecule has 19 heavy (non-hydrogen) atoms. The van der Waals surface area contributed by atoms with Crippen molar-refractivity contribution in [1.29, 1.82) is 0 Å². The first-order valence-electron chi connectivity index (χ1n) is 5.80. The van der Waals surface area contributed by atoms with Gasteiger partial charge in [-0.3, -0.25) is 4.79 Å². The molecule has 0 aliphatic rings. The number of aromatic carboxylic acids is 1. The summed E-state index contributed by atoms with van der Waals surface area (Å²) in [5.74, 6) is -1.38. The first-order chi connectivity index (χ1) is 9.15. The van der Waals surface area contributed by atoms with Crippen LogP contribution in [0.1, 0.15) is 15.9 Å². The summed E-state index contributed by atoms with van der Waals surface area (Å²) in [6.07, 6.45) is 0.281. The molecule has 0 spiro atoms. The fourth-order valence-corrected chi connectivity index (χ4v) is 1.68. The number of rotatable bonds is 4. The Hall–Kier alpha value is -2.62. The maximum atomic E-state index is 11.8. The van der Waals surface area contributed by atoms with E-state index in [9.17, 15) is 14.7 Å². The number of carboxylic acid groups (broad SMARTS) is 1. The normalized spacial score (nSPS) is 9.89. The van der Waals surface area contributed by atoms with Crippen molar-refractivity contribution in [2.45, 2.75) is 6.42 Å². The molecule has 96 valence electrons. The van der Waals surface area contributed by atoms with Crippen LogP contribution in [-0.2, 0) is 11.2 Å². The number of nitrogens with one attached hydrogen (secondary N) is 1. The molecule has 1 N–H and O–H groups in total. The van der Waals surface area contributed by atoms with Crippen molar-refractivity contribution >= 4 is 17.6 Å². The minimum atomic E-state index is -1.23. The zero-order valence-electron chi connectivity index (χ0n) is 10.1. The molecule has 0 aliphatic carbocycles. The van der Waals surface area contributed by atoms with Crippen LogP contribution in [0.4, 0.5) is 5.69 Å². The van der Waals surface area contributed by atoms with Gasteiger partial charge in [-0.15, -0.1) is 0 Å². The number of carbonyl (C=O) groups excluding carboxylic acids is 2. The van der Waals surface area contributed by atoms with Gasteiger partial charge in [-0.2, -0.15) is 0 Å². The van der Waals surface area contributed by atoms with Crippen LogP contribution in [0.3, 0.4) is 0 Å². The van der Waals surface area contributed by atoms with Gasteiger partial charge in [0.05, 0.1) is 12.4 Å². The van der Waals surface area contributed by atoms with E-state index >= 15 is 0 Å². The Morgan fingerprint density at radius 1 is 0.947 bits per heavy atom. The molecule has 0 bridgehead atoms. The van der Waals surface area contributed by atoms with Gasteiger partial charge in [0.15, 0.2) is 0 Å². The maximum absolute atomic E-state index is 11.8. The van der Waals surface area contributed by atoms with Crippen molar-refractivity contribution in [1.82, 2.24) is 0 Å². The predicted molar refractivity (Wildman–Crippen MR) is 69.5 cm³/mol. The summed E-state index contributed by atoms with van der Waals surface area (Å²) in [5.41, 5.74) is 1.57. The van der Waals surface area contributed by atoms with Crippen molar-refractivity contribution in [3.8, 4) is 0 Å². The van der Waals surface area contributed by atoms with E-state index in [0.29, 0.717) is 5.69 Å². The Labute approximate surface area is 110 Å². The van der Waals surface area contributed by atoms with Crippen molar-refractivity contribution in [2.24, 2.45) is 0 Å². The lowest BCUT2D eigenvalue weighted by molar-refractivity contribution is -0.255. The van der Waals surface area contributed by atoms with Crippen LogP contribution in [-0.4, -0.2) is 11.9 Å².